The number of nitro benzene ring substituents is 1. The number of nitrogens with zero attached hydrogens (tertiary/aromatic N) is 2. The summed E-state index contributed by atoms with van der Waals surface area (Å²) in [5, 5.41) is 22.1. The van der Waals surface area contributed by atoms with Crippen LogP contribution in [-0.4, -0.2) is 26.2 Å². The van der Waals surface area contributed by atoms with E-state index >= 15 is 0 Å². The van der Waals surface area contributed by atoms with E-state index in [1.165, 1.54) is 19.9 Å². The number of aromatic nitrogens is 1. The van der Waals surface area contributed by atoms with E-state index in [1.54, 1.807) is 11.5 Å². The minimum absolute atomic E-state index is 0.0377. The molecule has 0 bridgehead atoms. The second kappa shape index (κ2) is 6.35. The van der Waals surface area contributed by atoms with Gasteiger partial charge in [0.05, 0.1) is 27.0 Å². The van der Waals surface area contributed by atoms with Crippen molar-refractivity contribution in [3.05, 3.63) is 62.8 Å². The normalized spacial score (nSPS) is 11.0. The number of carbonyl (C=O) groups excluding carboxylic acids is 2. The highest BCUT2D eigenvalue weighted by molar-refractivity contribution is 6.15. The van der Waals surface area contributed by atoms with Gasteiger partial charge in [-0.15, -0.1) is 0 Å². The molecule has 0 aliphatic carbocycles. The predicted octanol–water partition coefficient (Wildman–Crippen LogP) is 4.27. The lowest BCUT2D eigenvalue weighted by Crippen LogP contribution is -2.02. The van der Waals surface area contributed by atoms with E-state index in [9.17, 15) is 24.8 Å². The van der Waals surface area contributed by atoms with Crippen molar-refractivity contribution >= 4 is 28.2 Å². The molecule has 3 aromatic rings. The van der Waals surface area contributed by atoms with Gasteiger partial charge in [-0.3, -0.25) is 19.7 Å². The second-order valence-corrected chi connectivity index (χ2v) is 6.47. The number of carbonyl (C=O) groups is 2. The Hall–Kier alpha value is -3.48. The number of aromatic hydroxyl groups is 1. The number of aryl methyl sites for hydroxylation is 1. The highest BCUT2D eigenvalue weighted by Gasteiger charge is 2.32. The third-order valence-electron chi connectivity index (χ3n) is 4.71. The SMILES string of the molecule is CC(=O)c1cc2c(c(C(C)=O)c(C)n2-c2ccccc2C)c([N+](=O)[O-])c1O. The molecule has 0 saturated carbocycles. The topological polar surface area (TPSA) is 102 Å². The zero-order chi connectivity index (χ0) is 20.0. The number of rotatable bonds is 4. The first-order chi connectivity index (χ1) is 12.7. The van der Waals surface area contributed by atoms with Gasteiger partial charge >= 0.3 is 5.69 Å². The van der Waals surface area contributed by atoms with Gasteiger partial charge in [-0.25, -0.2) is 0 Å². The number of ketones is 2. The van der Waals surface area contributed by atoms with Crippen LogP contribution in [0.1, 0.15) is 45.8 Å². The third kappa shape index (κ3) is 2.68. The smallest absolute Gasteiger partial charge is 0.321 e. The van der Waals surface area contributed by atoms with E-state index in [0.29, 0.717) is 11.2 Å². The van der Waals surface area contributed by atoms with Gasteiger partial charge in [-0.05, 0) is 45.4 Å². The summed E-state index contributed by atoms with van der Waals surface area (Å²) in [5.41, 5.74) is 1.85. The van der Waals surface area contributed by atoms with Crippen LogP contribution in [0.15, 0.2) is 30.3 Å². The Morgan fingerprint density at radius 3 is 2.26 bits per heavy atom. The summed E-state index contributed by atoms with van der Waals surface area (Å²) in [5.74, 6) is -1.58. The summed E-state index contributed by atoms with van der Waals surface area (Å²) in [4.78, 5) is 35.3. The Kier molecular flexibility index (Phi) is 4.31. The molecule has 1 heterocycles. The number of fused-ring (bicyclic) bond motifs is 1. The van der Waals surface area contributed by atoms with Crippen molar-refractivity contribution < 1.29 is 19.6 Å². The quantitative estimate of drug-likeness (QED) is 0.422. The Morgan fingerprint density at radius 2 is 1.74 bits per heavy atom. The molecule has 0 fully saturated rings. The summed E-state index contributed by atoms with van der Waals surface area (Å²) in [6.45, 7) is 6.13. The molecule has 3 rings (SSSR count). The van der Waals surface area contributed by atoms with Gasteiger partial charge in [0.2, 0.25) is 5.75 Å². The highest BCUT2D eigenvalue weighted by atomic mass is 16.6. The van der Waals surface area contributed by atoms with Gasteiger partial charge in [0.25, 0.3) is 0 Å². The first-order valence-corrected chi connectivity index (χ1v) is 8.30. The minimum atomic E-state index is -0.752. The monoisotopic (exact) mass is 366 g/mol. The molecule has 0 unspecified atom stereocenters. The molecule has 27 heavy (non-hydrogen) atoms. The van der Waals surface area contributed by atoms with Crippen LogP contribution in [0.3, 0.4) is 0 Å². The molecule has 0 atom stereocenters. The van der Waals surface area contributed by atoms with Crippen LogP contribution in [0.4, 0.5) is 5.69 Å². The largest absolute Gasteiger partial charge is 0.502 e. The molecule has 0 amide bonds. The van der Waals surface area contributed by atoms with Crippen LogP contribution < -0.4 is 0 Å². The lowest BCUT2D eigenvalue weighted by Gasteiger charge is -2.12. The number of phenols is 1. The van der Waals surface area contributed by atoms with Crippen LogP contribution in [0.2, 0.25) is 0 Å². The van der Waals surface area contributed by atoms with Gasteiger partial charge in [-0.2, -0.15) is 0 Å². The summed E-state index contributed by atoms with van der Waals surface area (Å²) >= 11 is 0. The minimum Gasteiger partial charge on any atom is -0.502 e. The van der Waals surface area contributed by atoms with Crippen LogP contribution in [0.5, 0.6) is 5.75 Å². The molecule has 1 N–H and O–H groups in total. The van der Waals surface area contributed by atoms with E-state index < -0.39 is 22.1 Å². The first-order valence-electron chi connectivity index (χ1n) is 8.30. The van der Waals surface area contributed by atoms with E-state index in [0.717, 1.165) is 11.3 Å². The van der Waals surface area contributed by atoms with Crippen LogP contribution >= 0.6 is 0 Å². The fourth-order valence-corrected chi connectivity index (χ4v) is 3.54. The average Bonchev–Trinajstić information content (AvgIpc) is 2.85. The maximum Gasteiger partial charge on any atom is 0.321 e. The lowest BCUT2D eigenvalue weighted by molar-refractivity contribution is -0.384. The van der Waals surface area contributed by atoms with Crippen molar-refractivity contribution in [3.8, 4) is 11.4 Å². The van der Waals surface area contributed by atoms with Crippen LogP contribution in [0, 0.1) is 24.0 Å². The molecular weight excluding hydrogens is 348 g/mol. The predicted molar refractivity (Wildman–Crippen MR) is 101 cm³/mol. The number of benzene rings is 2. The fraction of sp³-hybridized carbons (Fsp3) is 0.200. The fourth-order valence-electron chi connectivity index (χ4n) is 3.54. The summed E-state index contributed by atoms with van der Waals surface area (Å²) in [6, 6.07) is 8.81. The zero-order valence-electron chi connectivity index (χ0n) is 15.4. The molecule has 0 aliphatic heterocycles. The number of para-hydroxylation sites is 1. The standard InChI is InChI=1S/C20H18N2O5/c1-10-7-5-6-8-15(10)21-11(2)17(13(4)24)18-16(21)9-14(12(3)23)20(25)19(18)22(26)27/h5-9,25H,1-4H3. The Bertz CT molecular complexity index is 1140. The van der Waals surface area contributed by atoms with Crippen molar-refractivity contribution in [2.24, 2.45) is 0 Å². The number of hydrogen-bond acceptors (Lipinski definition) is 5. The summed E-state index contributed by atoms with van der Waals surface area (Å²) < 4.78 is 1.72. The Balaban J connectivity index is 2.65. The summed E-state index contributed by atoms with van der Waals surface area (Å²) in [7, 11) is 0. The van der Waals surface area contributed by atoms with Gasteiger partial charge in [0.1, 0.15) is 0 Å². The van der Waals surface area contributed by atoms with Crippen molar-refractivity contribution in [3.63, 3.8) is 0 Å². The summed E-state index contributed by atoms with van der Waals surface area (Å²) in [6.07, 6.45) is 0. The van der Waals surface area contributed by atoms with Crippen LogP contribution in [0.25, 0.3) is 16.6 Å². The molecule has 1 aromatic heterocycles. The number of Topliss-reactive ketones (excluding diaryl/α,β-unsaturated/α-hetero) is 2. The van der Waals surface area contributed by atoms with Gasteiger partial charge < -0.3 is 9.67 Å². The van der Waals surface area contributed by atoms with Gasteiger partial charge in [0, 0.05) is 11.4 Å². The molecule has 0 saturated heterocycles. The van der Waals surface area contributed by atoms with Gasteiger partial charge in [0.15, 0.2) is 11.6 Å². The van der Waals surface area contributed by atoms with E-state index in [-0.39, 0.29) is 22.3 Å². The van der Waals surface area contributed by atoms with Crippen LogP contribution in [-0.2, 0) is 0 Å². The maximum absolute atomic E-state index is 12.3. The zero-order valence-corrected chi connectivity index (χ0v) is 15.4. The van der Waals surface area contributed by atoms with Gasteiger partial charge in [-0.1, -0.05) is 18.2 Å². The van der Waals surface area contributed by atoms with Crippen molar-refractivity contribution in [1.82, 2.24) is 4.57 Å². The van der Waals surface area contributed by atoms with Crippen molar-refractivity contribution in [2.45, 2.75) is 27.7 Å². The van der Waals surface area contributed by atoms with E-state index in [1.807, 2.05) is 31.2 Å². The molecule has 0 radical (unpaired) electrons. The Labute approximate surface area is 155 Å². The highest BCUT2D eigenvalue weighted by Crippen LogP contribution is 2.43. The molecule has 0 aliphatic rings. The van der Waals surface area contributed by atoms with E-state index in [4.69, 9.17) is 0 Å². The molecule has 7 heteroatoms. The molecule has 7 nitrogen and oxygen atoms in total. The van der Waals surface area contributed by atoms with E-state index in [2.05, 4.69) is 0 Å². The number of nitro groups is 1. The molecule has 2 aromatic carbocycles. The van der Waals surface area contributed by atoms with Crippen molar-refractivity contribution in [2.75, 3.05) is 0 Å². The number of hydrogen-bond donors (Lipinski definition) is 1. The maximum atomic E-state index is 12.3. The average molecular weight is 366 g/mol. The molecule has 0 spiro atoms. The van der Waals surface area contributed by atoms with Crippen molar-refractivity contribution in [1.29, 1.82) is 0 Å². The first kappa shape index (κ1) is 18.3. The number of phenolic OH excluding ortho intramolecular Hbond substituents is 1. The lowest BCUT2D eigenvalue weighted by atomic mass is 10.0. The molecular formula is C20H18N2O5. The second-order valence-electron chi connectivity index (χ2n) is 6.47. The Morgan fingerprint density at radius 1 is 1.11 bits per heavy atom. The molecule has 138 valence electrons. The third-order valence-corrected chi connectivity index (χ3v) is 4.71.